The van der Waals surface area contributed by atoms with Crippen molar-refractivity contribution in [2.24, 2.45) is 5.92 Å². The molecule has 2 saturated carbocycles. The lowest BCUT2D eigenvalue weighted by molar-refractivity contribution is -0.140. The molecular weight excluding hydrogens is 335 g/mol. The van der Waals surface area contributed by atoms with Gasteiger partial charge in [-0.25, -0.2) is 4.39 Å². The zero-order valence-corrected chi connectivity index (χ0v) is 15.2. The molecule has 5 nitrogen and oxygen atoms in total. The number of benzene rings is 1. The van der Waals surface area contributed by atoms with Crippen LogP contribution < -0.4 is 5.32 Å². The number of carbonyl (C=O) groups excluding carboxylic acids is 1. The zero-order valence-electron chi connectivity index (χ0n) is 15.2. The first kappa shape index (κ1) is 18.8. The smallest absolute Gasteiger partial charge is 0.317 e. The molecule has 2 fully saturated rings. The van der Waals surface area contributed by atoms with Crippen LogP contribution in [-0.4, -0.2) is 47.1 Å². The van der Waals surface area contributed by atoms with E-state index in [1.54, 1.807) is 18.2 Å². The van der Waals surface area contributed by atoms with Gasteiger partial charge >= 0.3 is 5.97 Å². The lowest BCUT2D eigenvalue weighted by Gasteiger charge is -2.42. The molecule has 26 heavy (non-hydrogen) atoms. The Morgan fingerprint density at radius 2 is 2.00 bits per heavy atom. The van der Waals surface area contributed by atoms with Gasteiger partial charge in [-0.15, -0.1) is 0 Å². The van der Waals surface area contributed by atoms with Crippen LogP contribution in [0, 0.1) is 11.7 Å². The quantitative estimate of drug-likeness (QED) is 0.709. The number of carboxylic acids is 1. The number of hydrogen-bond acceptors (Lipinski definition) is 3. The lowest BCUT2D eigenvalue weighted by atomic mass is 9.84. The number of carboxylic acid groups (broad SMARTS) is 1. The van der Waals surface area contributed by atoms with Gasteiger partial charge in [-0.1, -0.05) is 25.1 Å². The Kier molecular flexibility index (Phi) is 5.91. The van der Waals surface area contributed by atoms with E-state index in [1.165, 1.54) is 18.9 Å². The van der Waals surface area contributed by atoms with Crippen molar-refractivity contribution >= 4 is 11.9 Å². The summed E-state index contributed by atoms with van der Waals surface area (Å²) in [6, 6.07) is 6.88. The highest BCUT2D eigenvalue weighted by Gasteiger charge is 2.37. The Morgan fingerprint density at radius 3 is 2.62 bits per heavy atom. The SMILES string of the molecule is CC(CC(=O)NC1CC(N(CC(=O)O)CC2CC2)C1)c1ccccc1F. The molecular formula is C20H27FN2O3. The summed E-state index contributed by atoms with van der Waals surface area (Å²) in [6.07, 6.45) is 4.22. The molecule has 0 aliphatic heterocycles. The Bertz CT molecular complexity index is 656. The van der Waals surface area contributed by atoms with Crippen LogP contribution in [0.4, 0.5) is 4.39 Å². The molecule has 0 heterocycles. The number of amides is 1. The number of nitrogens with zero attached hydrogens (tertiary/aromatic N) is 1. The van der Waals surface area contributed by atoms with Gasteiger partial charge in [0.05, 0.1) is 6.54 Å². The van der Waals surface area contributed by atoms with Crippen molar-refractivity contribution in [3.8, 4) is 0 Å². The molecule has 3 rings (SSSR count). The van der Waals surface area contributed by atoms with E-state index < -0.39 is 5.97 Å². The summed E-state index contributed by atoms with van der Waals surface area (Å²) >= 11 is 0. The molecule has 0 spiro atoms. The normalized spacial score (nSPS) is 23.3. The second-order valence-corrected chi connectivity index (χ2v) is 7.78. The standard InChI is InChI=1S/C20H27FN2O3/c1-13(17-4-2-3-5-18(17)21)8-19(24)22-15-9-16(10-15)23(12-20(25)26)11-14-6-7-14/h2-5,13-16H,6-12H2,1H3,(H,22,24)(H,25,26). The van der Waals surface area contributed by atoms with Crippen LogP contribution in [0.1, 0.15) is 50.5 Å². The minimum absolute atomic E-state index is 0.0730. The monoisotopic (exact) mass is 362 g/mol. The molecule has 1 aromatic carbocycles. The highest BCUT2D eigenvalue weighted by molar-refractivity contribution is 5.77. The number of halogens is 1. The van der Waals surface area contributed by atoms with E-state index in [9.17, 15) is 14.0 Å². The molecule has 1 atom stereocenters. The van der Waals surface area contributed by atoms with Gasteiger partial charge in [0.15, 0.2) is 0 Å². The molecule has 0 saturated heterocycles. The number of hydrogen-bond donors (Lipinski definition) is 2. The van der Waals surface area contributed by atoms with Crippen LogP contribution in [0.25, 0.3) is 0 Å². The summed E-state index contributed by atoms with van der Waals surface area (Å²) in [5.41, 5.74) is 0.561. The summed E-state index contributed by atoms with van der Waals surface area (Å²) < 4.78 is 13.8. The summed E-state index contributed by atoms with van der Waals surface area (Å²) in [4.78, 5) is 25.3. The van der Waals surface area contributed by atoms with E-state index in [0.717, 1.165) is 19.4 Å². The molecule has 2 N–H and O–H groups in total. The Hall–Kier alpha value is -1.95. The fourth-order valence-corrected chi connectivity index (χ4v) is 3.70. The van der Waals surface area contributed by atoms with Crippen LogP contribution >= 0.6 is 0 Å². The second kappa shape index (κ2) is 8.16. The number of aliphatic carboxylic acids is 1. The summed E-state index contributed by atoms with van der Waals surface area (Å²) in [6.45, 7) is 2.78. The van der Waals surface area contributed by atoms with Crippen molar-refractivity contribution in [3.05, 3.63) is 35.6 Å². The summed E-state index contributed by atoms with van der Waals surface area (Å²) in [5.74, 6) is -0.677. The van der Waals surface area contributed by atoms with E-state index >= 15 is 0 Å². The lowest BCUT2D eigenvalue weighted by Crippen LogP contribution is -2.55. The van der Waals surface area contributed by atoms with Crippen LogP contribution in [0.15, 0.2) is 24.3 Å². The Labute approximate surface area is 153 Å². The van der Waals surface area contributed by atoms with Gasteiger partial charge in [-0.05, 0) is 49.1 Å². The van der Waals surface area contributed by atoms with Gasteiger partial charge in [0.25, 0.3) is 0 Å². The average molecular weight is 362 g/mol. The third kappa shape index (κ3) is 5.04. The highest BCUT2D eigenvalue weighted by Crippen LogP contribution is 2.34. The first-order valence-electron chi connectivity index (χ1n) is 9.42. The van der Waals surface area contributed by atoms with Crippen molar-refractivity contribution in [1.82, 2.24) is 10.2 Å². The fraction of sp³-hybridized carbons (Fsp3) is 0.600. The number of carbonyl (C=O) groups is 2. The minimum atomic E-state index is -0.795. The van der Waals surface area contributed by atoms with Crippen molar-refractivity contribution in [1.29, 1.82) is 0 Å². The van der Waals surface area contributed by atoms with Crippen LogP contribution in [0.5, 0.6) is 0 Å². The van der Waals surface area contributed by atoms with Gasteiger partial charge in [-0.2, -0.15) is 0 Å². The molecule has 142 valence electrons. The second-order valence-electron chi connectivity index (χ2n) is 7.78. The minimum Gasteiger partial charge on any atom is -0.480 e. The first-order chi connectivity index (χ1) is 12.4. The van der Waals surface area contributed by atoms with E-state index in [0.29, 0.717) is 11.5 Å². The molecule has 1 unspecified atom stereocenters. The van der Waals surface area contributed by atoms with E-state index in [2.05, 4.69) is 5.32 Å². The maximum absolute atomic E-state index is 13.8. The van der Waals surface area contributed by atoms with Crippen molar-refractivity contribution < 1.29 is 19.1 Å². The molecule has 1 amide bonds. The third-order valence-corrected chi connectivity index (χ3v) is 5.45. The van der Waals surface area contributed by atoms with Crippen molar-refractivity contribution in [2.45, 2.75) is 57.0 Å². The molecule has 0 aromatic heterocycles. The number of rotatable bonds is 9. The molecule has 0 bridgehead atoms. The van der Waals surface area contributed by atoms with Crippen LogP contribution in [0.2, 0.25) is 0 Å². The van der Waals surface area contributed by atoms with Crippen molar-refractivity contribution in [2.75, 3.05) is 13.1 Å². The first-order valence-corrected chi connectivity index (χ1v) is 9.42. The van der Waals surface area contributed by atoms with Gasteiger partial charge in [0.1, 0.15) is 5.82 Å². The predicted octanol–water partition coefficient (Wildman–Crippen LogP) is 2.76. The Balaban J connectivity index is 1.43. The van der Waals surface area contributed by atoms with Gasteiger partial charge in [-0.3, -0.25) is 14.5 Å². The third-order valence-electron chi connectivity index (χ3n) is 5.45. The van der Waals surface area contributed by atoms with Gasteiger partial charge in [0, 0.05) is 25.0 Å². The topological polar surface area (TPSA) is 69.6 Å². The molecule has 2 aliphatic rings. The molecule has 0 radical (unpaired) electrons. The summed E-state index contributed by atoms with van der Waals surface area (Å²) in [7, 11) is 0. The maximum Gasteiger partial charge on any atom is 0.317 e. The van der Waals surface area contributed by atoms with Crippen molar-refractivity contribution in [3.63, 3.8) is 0 Å². The van der Waals surface area contributed by atoms with E-state index in [-0.39, 0.29) is 42.7 Å². The van der Waals surface area contributed by atoms with E-state index in [1.807, 2.05) is 11.8 Å². The van der Waals surface area contributed by atoms with Crippen LogP contribution in [-0.2, 0) is 9.59 Å². The van der Waals surface area contributed by atoms with Crippen LogP contribution in [0.3, 0.4) is 0 Å². The number of nitrogens with one attached hydrogen (secondary N) is 1. The summed E-state index contributed by atoms with van der Waals surface area (Å²) in [5, 5.41) is 12.1. The highest BCUT2D eigenvalue weighted by atomic mass is 19.1. The largest absolute Gasteiger partial charge is 0.480 e. The maximum atomic E-state index is 13.8. The molecule has 6 heteroatoms. The fourth-order valence-electron chi connectivity index (χ4n) is 3.70. The molecule has 1 aromatic rings. The zero-order chi connectivity index (χ0) is 18.7. The average Bonchev–Trinajstić information content (AvgIpc) is 3.33. The van der Waals surface area contributed by atoms with E-state index in [4.69, 9.17) is 5.11 Å². The van der Waals surface area contributed by atoms with Gasteiger partial charge in [0.2, 0.25) is 5.91 Å². The predicted molar refractivity (Wildman–Crippen MR) is 96.3 cm³/mol. The van der Waals surface area contributed by atoms with Gasteiger partial charge < -0.3 is 10.4 Å². The molecule has 2 aliphatic carbocycles. The Morgan fingerprint density at radius 1 is 1.31 bits per heavy atom.